The Hall–Kier alpha value is -1.59. The van der Waals surface area contributed by atoms with Gasteiger partial charge in [0.25, 0.3) is 5.91 Å². The van der Waals surface area contributed by atoms with E-state index < -0.39 is 0 Å². The molecule has 1 aromatic heterocycles. The summed E-state index contributed by atoms with van der Waals surface area (Å²) in [6.07, 6.45) is 5.49. The molecule has 1 atom stereocenters. The third-order valence-corrected chi connectivity index (χ3v) is 5.15. The highest BCUT2D eigenvalue weighted by Crippen LogP contribution is 2.16. The van der Waals surface area contributed by atoms with Crippen LogP contribution in [0.4, 0.5) is 0 Å². The number of furan rings is 1. The first kappa shape index (κ1) is 16.3. The van der Waals surface area contributed by atoms with E-state index in [1.807, 2.05) is 36.4 Å². The average molecular weight is 378 g/mol. The highest BCUT2D eigenvalue weighted by molar-refractivity contribution is 9.10. The van der Waals surface area contributed by atoms with Crippen molar-refractivity contribution in [3.05, 3.63) is 58.5 Å². The predicted octanol–water partition coefficient (Wildman–Crippen LogP) is 2.58. The van der Waals surface area contributed by atoms with Gasteiger partial charge < -0.3 is 14.6 Å². The molecule has 1 aliphatic heterocycles. The SMILES string of the molecule is O=C(NC[C@@H](c1ccco1)[NH+]1CCCCC1)c1ccccc1Br. The lowest BCUT2D eigenvalue weighted by atomic mass is 10.1. The van der Waals surface area contributed by atoms with Gasteiger partial charge in [-0.25, -0.2) is 0 Å². The number of hydrogen-bond donors (Lipinski definition) is 2. The van der Waals surface area contributed by atoms with E-state index in [4.69, 9.17) is 4.42 Å². The van der Waals surface area contributed by atoms with Crippen molar-refractivity contribution in [1.82, 2.24) is 5.32 Å². The molecule has 1 aromatic carbocycles. The van der Waals surface area contributed by atoms with Crippen LogP contribution in [-0.4, -0.2) is 25.5 Å². The van der Waals surface area contributed by atoms with Crippen molar-refractivity contribution >= 4 is 21.8 Å². The van der Waals surface area contributed by atoms with Crippen LogP contribution in [0.2, 0.25) is 0 Å². The highest BCUT2D eigenvalue weighted by atomic mass is 79.9. The largest absolute Gasteiger partial charge is 0.463 e. The fourth-order valence-corrected chi connectivity index (χ4v) is 3.69. The van der Waals surface area contributed by atoms with Crippen LogP contribution in [0.25, 0.3) is 0 Å². The summed E-state index contributed by atoms with van der Waals surface area (Å²) in [6, 6.07) is 11.6. The molecule has 5 heteroatoms. The van der Waals surface area contributed by atoms with E-state index in [0.717, 1.165) is 23.3 Å². The molecule has 0 aliphatic carbocycles. The van der Waals surface area contributed by atoms with Crippen LogP contribution in [0, 0.1) is 0 Å². The molecule has 0 spiro atoms. The number of quaternary nitrogens is 1. The molecule has 122 valence electrons. The minimum Gasteiger partial charge on any atom is -0.463 e. The van der Waals surface area contributed by atoms with Gasteiger partial charge >= 0.3 is 0 Å². The first-order valence-electron chi connectivity index (χ1n) is 8.16. The number of nitrogens with one attached hydrogen (secondary N) is 2. The summed E-state index contributed by atoms with van der Waals surface area (Å²) in [6.45, 7) is 2.86. The van der Waals surface area contributed by atoms with Gasteiger partial charge in [-0.05, 0) is 59.5 Å². The minimum absolute atomic E-state index is 0.0505. The maximum atomic E-state index is 12.4. The van der Waals surface area contributed by atoms with Gasteiger partial charge in [-0.2, -0.15) is 0 Å². The molecule has 1 saturated heterocycles. The first-order valence-corrected chi connectivity index (χ1v) is 8.95. The zero-order chi connectivity index (χ0) is 16.1. The molecular formula is C18H22BrN2O2+. The number of carbonyl (C=O) groups is 1. The minimum atomic E-state index is -0.0505. The summed E-state index contributed by atoms with van der Waals surface area (Å²) in [5, 5.41) is 3.08. The molecule has 2 heterocycles. The van der Waals surface area contributed by atoms with Crippen molar-refractivity contribution in [2.45, 2.75) is 25.3 Å². The summed E-state index contributed by atoms with van der Waals surface area (Å²) in [7, 11) is 0. The molecule has 0 unspecified atom stereocenters. The summed E-state index contributed by atoms with van der Waals surface area (Å²) in [5.41, 5.74) is 0.666. The Morgan fingerprint density at radius 2 is 1.96 bits per heavy atom. The second-order valence-electron chi connectivity index (χ2n) is 5.98. The number of carbonyl (C=O) groups excluding carboxylic acids is 1. The number of hydrogen-bond acceptors (Lipinski definition) is 2. The van der Waals surface area contributed by atoms with E-state index in [1.54, 1.807) is 6.26 Å². The molecule has 0 bridgehead atoms. The van der Waals surface area contributed by atoms with Crippen LogP contribution in [0.15, 0.2) is 51.6 Å². The fourth-order valence-electron chi connectivity index (χ4n) is 3.23. The van der Waals surface area contributed by atoms with Gasteiger partial charge in [0.1, 0.15) is 0 Å². The van der Waals surface area contributed by atoms with E-state index in [-0.39, 0.29) is 11.9 Å². The van der Waals surface area contributed by atoms with E-state index in [1.165, 1.54) is 24.2 Å². The summed E-state index contributed by atoms with van der Waals surface area (Å²) in [4.78, 5) is 13.9. The Morgan fingerprint density at radius 3 is 2.65 bits per heavy atom. The Labute approximate surface area is 145 Å². The quantitative estimate of drug-likeness (QED) is 0.840. The number of rotatable bonds is 5. The number of likely N-dealkylation sites (tertiary alicyclic amines) is 1. The number of halogens is 1. The van der Waals surface area contributed by atoms with Gasteiger partial charge in [0.05, 0.1) is 31.5 Å². The Balaban J connectivity index is 1.69. The summed E-state index contributed by atoms with van der Waals surface area (Å²) in [5.74, 6) is 0.903. The molecule has 23 heavy (non-hydrogen) atoms. The van der Waals surface area contributed by atoms with Gasteiger partial charge in [-0.3, -0.25) is 4.79 Å². The molecule has 2 N–H and O–H groups in total. The van der Waals surface area contributed by atoms with Gasteiger partial charge in [-0.15, -0.1) is 0 Å². The Bertz CT molecular complexity index is 636. The van der Waals surface area contributed by atoms with Crippen molar-refractivity contribution < 1.29 is 14.1 Å². The summed E-state index contributed by atoms with van der Waals surface area (Å²) < 4.78 is 6.45. The lowest BCUT2D eigenvalue weighted by Crippen LogP contribution is -3.13. The Kier molecular flexibility index (Phi) is 5.51. The van der Waals surface area contributed by atoms with Crippen molar-refractivity contribution in [2.24, 2.45) is 0 Å². The third kappa shape index (κ3) is 4.03. The van der Waals surface area contributed by atoms with Crippen molar-refractivity contribution in [2.75, 3.05) is 19.6 Å². The van der Waals surface area contributed by atoms with Crippen LogP contribution in [0.1, 0.15) is 41.4 Å². The van der Waals surface area contributed by atoms with E-state index in [9.17, 15) is 4.79 Å². The van der Waals surface area contributed by atoms with Crippen LogP contribution >= 0.6 is 15.9 Å². The molecular weight excluding hydrogens is 356 g/mol. The van der Waals surface area contributed by atoms with E-state index >= 15 is 0 Å². The topological polar surface area (TPSA) is 46.7 Å². The zero-order valence-electron chi connectivity index (χ0n) is 13.1. The molecule has 0 saturated carbocycles. The normalized spacial score (nSPS) is 16.9. The number of benzene rings is 1. The second kappa shape index (κ2) is 7.79. The van der Waals surface area contributed by atoms with Crippen LogP contribution < -0.4 is 10.2 Å². The highest BCUT2D eigenvalue weighted by Gasteiger charge is 2.28. The lowest BCUT2D eigenvalue weighted by molar-refractivity contribution is -0.936. The van der Waals surface area contributed by atoms with E-state index in [0.29, 0.717) is 12.1 Å². The first-order chi connectivity index (χ1) is 11.3. The van der Waals surface area contributed by atoms with Crippen LogP contribution in [0.3, 0.4) is 0 Å². The molecule has 2 aromatic rings. The maximum absolute atomic E-state index is 12.4. The maximum Gasteiger partial charge on any atom is 0.252 e. The summed E-state index contributed by atoms with van der Waals surface area (Å²) >= 11 is 3.43. The smallest absolute Gasteiger partial charge is 0.252 e. The average Bonchev–Trinajstić information content (AvgIpc) is 3.10. The van der Waals surface area contributed by atoms with Crippen molar-refractivity contribution in [3.63, 3.8) is 0 Å². The zero-order valence-corrected chi connectivity index (χ0v) is 14.6. The van der Waals surface area contributed by atoms with Crippen LogP contribution in [-0.2, 0) is 0 Å². The third-order valence-electron chi connectivity index (χ3n) is 4.46. The predicted molar refractivity (Wildman–Crippen MR) is 92.5 cm³/mol. The standard InChI is InChI=1S/C18H21BrN2O2/c19-15-8-3-2-7-14(15)18(22)20-13-16(17-9-6-12-23-17)21-10-4-1-5-11-21/h2-3,6-9,12,16H,1,4-5,10-11,13H2,(H,20,22)/p+1/t16-/m0/s1. The Morgan fingerprint density at radius 1 is 1.17 bits per heavy atom. The molecule has 1 fully saturated rings. The monoisotopic (exact) mass is 377 g/mol. The van der Waals surface area contributed by atoms with Gasteiger partial charge in [0, 0.05) is 4.47 Å². The van der Waals surface area contributed by atoms with Gasteiger partial charge in [0.2, 0.25) is 0 Å². The molecule has 0 radical (unpaired) electrons. The van der Waals surface area contributed by atoms with Gasteiger partial charge in [-0.1, -0.05) is 12.1 Å². The van der Waals surface area contributed by atoms with Crippen LogP contribution in [0.5, 0.6) is 0 Å². The lowest BCUT2D eigenvalue weighted by Gasteiger charge is -2.30. The molecule has 1 amide bonds. The second-order valence-corrected chi connectivity index (χ2v) is 6.83. The molecule has 1 aliphatic rings. The fraction of sp³-hybridized carbons (Fsp3) is 0.389. The number of piperidine rings is 1. The van der Waals surface area contributed by atoms with Crippen molar-refractivity contribution in [3.8, 4) is 0 Å². The van der Waals surface area contributed by atoms with E-state index in [2.05, 4.69) is 21.2 Å². The molecule has 4 nitrogen and oxygen atoms in total. The van der Waals surface area contributed by atoms with Crippen molar-refractivity contribution in [1.29, 1.82) is 0 Å². The van der Waals surface area contributed by atoms with Gasteiger partial charge in [0.15, 0.2) is 11.8 Å². The molecule has 3 rings (SSSR count). The number of amides is 1.